The van der Waals surface area contributed by atoms with Gasteiger partial charge in [0.25, 0.3) is 0 Å². The zero-order chi connectivity index (χ0) is 21.3. The van der Waals surface area contributed by atoms with Crippen molar-refractivity contribution < 1.29 is 23.2 Å². The maximum Gasteiger partial charge on any atom is 0.492 e. The highest BCUT2D eigenvalue weighted by Crippen LogP contribution is 2.38. The third-order valence-corrected chi connectivity index (χ3v) is 4.65. The second-order valence-electron chi connectivity index (χ2n) is 8.79. The van der Waals surface area contributed by atoms with E-state index in [9.17, 15) is 9.18 Å². The summed E-state index contributed by atoms with van der Waals surface area (Å²) in [7, 11) is -0.748. The van der Waals surface area contributed by atoms with E-state index in [4.69, 9.17) is 19.8 Å². The summed E-state index contributed by atoms with van der Waals surface area (Å²) >= 11 is 0. The average Bonchev–Trinajstić information content (AvgIpc) is 2.73. The van der Waals surface area contributed by atoms with Gasteiger partial charge in [-0.2, -0.15) is 0 Å². The standard InChI is InChI=1S/C19H29BFN3O4/c1-17(2,3)26-16(25)24-10-13(8-12-9-14(21)11-23-15(12)22)20-27-18(4,5)19(6,7)28-20/h8-9,11H,10H2,1-7H3,(H2,22,23)(H,24,25). The number of halogens is 1. The summed E-state index contributed by atoms with van der Waals surface area (Å²) in [4.78, 5) is 15.9. The Kier molecular flexibility index (Phi) is 6.11. The van der Waals surface area contributed by atoms with Gasteiger partial charge < -0.3 is 25.1 Å². The molecule has 0 bridgehead atoms. The van der Waals surface area contributed by atoms with Crippen molar-refractivity contribution in [2.45, 2.75) is 65.3 Å². The van der Waals surface area contributed by atoms with Gasteiger partial charge in [0.1, 0.15) is 17.2 Å². The van der Waals surface area contributed by atoms with E-state index < -0.39 is 35.8 Å². The Balaban J connectivity index is 2.30. The molecule has 0 spiro atoms. The molecule has 9 heteroatoms. The van der Waals surface area contributed by atoms with E-state index in [-0.39, 0.29) is 12.4 Å². The molecular weight excluding hydrogens is 364 g/mol. The summed E-state index contributed by atoms with van der Waals surface area (Å²) in [6, 6.07) is 1.26. The van der Waals surface area contributed by atoms with Gasteiger partial charge in [-0.1, -0.05) is 6.08 Å². The number of pyridine rings is 1. The lowest BCUT2D eigenvalue weighted by Crippen LogP contribution is -2.41. The quantitative estimate of drug-likeness (QED) is 0.762. The SMILES string of the molecule is CC(C)(C)OC(=O)NCC(=Cc1cc(F)cnc1N)B1OC(C)(C)C(C)(C)O1. The van der Waals surface area contributed by atoms with E-state index >= 15 is 0 Å². The van der Waals surface area contributed by atoms with Crippen LogP contribution < -0.4 is 11.1 Å². The maximum atomic E-state index is 13.6. The second-order valence-corrected chi connectivity index (χ2v) is 8.79. The van der Waals surface area contributed by atoms with Crippen molar-refractivity contribution in [1.29, 1.82) is 0 Å². The van der Waals surface area contributed by atoms with Crippen molar-refractivity contribution in [2.24, 2.45) is 0 Å². The number of carbonyl (C=O) groups is 1. The highest BCUT2D eigenvalue weighted by Gasteiger charge is 2.52. The number of nitrogens with one attached hydrogen (secondary N) is 1. The molecule has 1 aromatic heterocycles. The van der Waals surface area contributed by atoms with Gasteiger partial charge in [0.2, 0.25) is 0 Å². The van der Waals surface area contributed by atoms with Crippen molar-refractivity contribution >= 4 is 25.1 Å². The van der Waals surface area contributed by atoms with Gasteiger partial charge in [0, 0.05) is 12.1 Å². The van der Waals surface area contributed by atoms with E-state index in [1.165, 1.54) is 6.07 Å². The monoisotopic (exact) mass is 393 g/mol. The summed E-state index contributed by atoms with van der Waals surface area (Å²) in [5, 5.41) is 2.68. The van der Waals surface area contributed by atoms with Crippen LogP contribution in [0.2, 0.25) is 0 Å². The highest BCUT2D eigenvalue weighted by molar-refractivity contribution is 6.56. The topological polar surface area (TPSA) is 95.7 Å². The van der Waals surface area contributed by atoms with Crippen LogP contribution in [0.3, 0.4) is 0 Å². The molecule has 28 heavy (non-hydrogen) atoms. The third-order valence-electron chi connectivity index (χ3n) is 4.65. The summed E-state index contributed by atoms with van der Waals surface area (Å²) in [6.07, 6.45) is 2.07. The van der Waals surface area contributed by atoms with E-state index in [1.54, 1.807) is 26.8 Å². The Morgan fingerprint density at radius 2 is 1.89 bits per heavy atom. The van der Waals surface area contributed by atoms with Crippen molar-refractivity contribution in [2.75, 3.05) is 12.3 Å². The van der Waals surface area contributed by atoms with Crippen molar-refractivity contribution in [3.63, 3.8) is 0 Å². The average molecular weight is 393 g/mol. The first kappa shape index (κ1) is 22.2. The Morgan fingerprint density at radius 1 is 1.32 bits per heavy atom. The molecule has 154 valence electrons. The summed E-state index contributed by atoms with van der Waals surface area (Å²) in [5.74, 6) is -0.360. The lowest BCUT2D eigenvalue weighted by atomic mass is 9.77. The van der Waals surface area contributed by atoms with Crippen molar-refractivity contribution in [3.05, 3.63) is 29.1 Å². The number of alkyl carbamates (subject to hydrolysis) is 1. The fourth-order valence-corrected chi connectivity index (χ4v) is 2.47. The lowest BCUT2D eigenvalue weighted by Gasteiger charge is -2.32. The molecule has 1 aliphatic rings. The molecule has 1 saturated heterocycles. The fraction of sp³-hybridized carbons (Fsp3) is 0.579. The fourth-order valence-electron chi connectivity index (χ4n) is 2.47. The van der Waals surface area contributed by atoms with Crippen LogP contribution in [0.4, 0.5) is 15.0 Å². The number of amides is 1. The number of anilines is 1. The van der Waals surface area contributed by atoms with Crippen molar-refractivity contribution in [3.8, 4) is 0 Å². The van der Waals surface area contributed by atoms with Gasteiger partial charge in [0.15, 0.2) is 0 Å². The minimum Gasteiger partial charge on any atom is -0.444 e. The number of nitrogens with two attached hydrogens (primary N) is 1. The molecule has 2 rings (SSSR count). The summed E-state index contributed by atoms with van der Waals surface area (Å²) in [6.45, 7) is 13.1. The van der Waals surface area contributed by atoms with E-state index in [0.717, 1.165) is 6.20 Å². The van der Waals surface area contributed by atoms with E-state index in [2.05, 4.69) is 10.3 Å². The first-order valence-electron chi connectivity index (χ1n) is 9.14. The van der Waals surface area contributed by atoms with Crippen molar-refractivity contribution in [1.82, 2.24) is 10.3 Å². The predicted octanol–water partition coefficient (Wildman–Crippen LogP) is 3.34. The smallest absolute Gasteiger partial charge is 0.444 e. The normalized spacial score (nSPS) is 18.9. The summed E-state index contributed by atoms with van der Waals surface area (Å²) in [5.41, 5.74) is 5.02. The molecule has 1 amide bonds. The third kappa shape index (κ3) is 5.45. The van der Waals surface area contributed by atoms with Crippen LogP contribution in [0.25, 0.3) is 6.08 Å². The highest BCUT2D eigenvalue weighted by atomic mass is 19.1. The molecule has 7 nitrogen and oxygen atoms in total. The molecule has 0 radical (unpaired) electrons. The zero-order valence-corrected chi connectivity index (χ0v) is 17.6. The number of hydrogen-bond donors (Lipinski definition) is 2. The number of carbonyl (C=O) groups excluding carboxylic acids is 1. The van der Waals surface area contributed by atoms with Crippen LogP contribution in [0.15, 0.2) is 17.7 Å². The van der Waals surface area contributed by atoms with Gasteiger partial charge in [-0.3, -0.25) is 0 Å². The molecule has 2 heterocycles. The molecule has 3 N–H and O–H groups in total. The minimum atomic E-state index is -0.748. The lowest BCUT2D eigenvalue weighted by molar-refractivity contribution is 0.00578. The number of hydrogen-bond acceptors (Lipinski definition) is 6. The molecule has 0 atom stereocenters. The molecule has 1 fully saturated rings. The van der Waals surface area contributed by atoms with Gasteiger partial charge in [-0.05, 0) is 60.0 Å². The molecule has 0 unspecified atom stereocenters. The molecular formula is C19H29BFN3O4. The molecule has 0 saturated carbocycles. The molecule has 1 aliphatic heterocycles. The van der Waals surface area contributed by atoms with Gasteiger partial charge in [-0.25, -0.2) is 14.2 Å². The van der Waals surface area contributed by atoms with E-state index in [0.29, 0.717) is 11.0 Å². The second kappa shape index (κ2) is 7.71. The number of aromatic nitrogens is 1. The zero-order valence-electron chi connectivity index (χ0n) is 17.6. The maximum absolute atomic E-state index is 13.6. The minimum absolute atomic E-state index is 0.0711. The number of rotatable bonds is 4. The Morgan fingerprint density at radius 3 is 2.43 bits per heavy atom. The van der Waals surface area contributed by atoms with Crippen LogP contribution in [0.5, 0.6) is 0 Å². The van der Waals surface area contributed by atoms with Crippen LogP contribution >= 0.6 is 0 Å². The van der Waals surface area contributed by atoms with Crippen LogP contribution in [0.1, 0.15) is 54.0 Å². The number of nitrogens with zero attached hydrogens (tertiary/aromatic N) is 1. The predicted molar refractivity (Wildman–Crippen MR) is 107 cm³/mol. The largest absolute Gasteiger partial charge is 0.492 e. The van der Waals surface area contributed by atoms with Gasteiger partial charge >= 0.3 is 13.2 Å². The first-order chi connectivity index (χ1) is 12.7. The molecule has 0 aromatic carbocycles. The Bertz CT molecular complexity index is 759. The Hall–Kier alpha value is -2.13. The van der Waals surface area contributed by atoms with Gasteiger partial charge in [0.05, 0.1) is 17.4 Å². The molecule has 1 aromatic rings. The number of nitrogen functional groups attached to an aromatic ring is 1. The summed E-state index contributed by atoms with van der Waals surface area (Å²) < 4.78 is 31.0. The Labute approximate surface area is 166 Å². The number of ether oxygens (including phenoxy) is 1. The van der Waals surface area contributed by atoms with Crippen LogP contribution in [-0.2, 0) is 14.0 Å². The van der Waals surface area contributed by atoms with Crippen LogP contribution in [-0.4, -0.2) is 41.5 Å². The van der Waals surface area contributed by atoms with Crippen LogP contribution in [0, 0.1) is 5.82 Å². The first-order valence-corrected chi connectivity index (χ1v) is 9.14. The van der Waals surface area contributed by atoms with Gasteiger partial charge in [-0.15, -0.1) is 0 Å². The van der Waals surface area contributed by atoms with E-state index in [1.807, 2.05) is 27.7 Å². The molecule has 0 aliphatic carbocycles.